The van der Waals surface area contributed by atoms with E-state index in [4.69, 9.17) is 10.5 Å². The van der Waals surface area contributed by atoms with E-state index in [1.807, 2.05) is 43.3 Å². The Bertz CT molecular complexity index is 698. The number of nitrogens with one attached hydrogen (secondary N) is 2. The topological polar surface area (TPSA) is 76.4 Å². The van der Waals surface area contributed by atoms with Gasteiger partial charge >= 0.3 is 0 Å². The van der Waals surface area contributed by atoms with Gasteiger partial charge in [-0.3, -0.25) is 4.79 Å². The molecule has 3 rings (SSSR count). The molecule has 1 heterocycles. The lowest BCUT2D eigenvalue weighted by Crippen LogP contribution is -2.03. The highest BCUT2D eigenvalue weighted by atomic mass is 16.5. The first-order valence-electron chi connectivity index (χ1n) is 6.88. The van der Waals surface area contributed by atoms with Gasteiger partial charge in [-0.05, 0) is 36.8 Å². The summed E-state index contributed by atoms with van der Waals surface area (Å²) in [5.41, 5.74) is 10.0. The molecule has 0 bridgehead atoms. The van der Waals surface area contributed by atoms with Crippen LogP contribution in [0.4, 0.5) is 22.7 Å². The molecule has 0 radical (unpaired) electrons. The summed E-state index contributed by atoms with van der Waals surface area (Å²) in [4.78, 5) is 11.4. The standard InChI is InChI=1S/C16H17N3O2/c1-2-21-15-6-4-3-5-12(15)18-14-9-13-10(7-11(14)17)8-16(20)19-13/h3-7,9,18H,2,8,17H2,1H3,(H,19,20). The van der Waals surface area contributed by atoms with Crippen molar-refractivity contribution in [2.75, 3.05) is 23.0 Å². The summed E-state index contributed by atoms with van der Waals surface area (Å²) in [5.74, 6) is 0.764. The molecule has 0 atom stereocenters. The van der Waals surface area contributed by atoms with Crippen molar-refractivity contribution in [3.05, 3.63) is 42.0 Å². The summed E-state index contributed by atoms with van der Waals surface area (Å²) in [6, 6.07) is 11.4. The molecule has 0 spiro atoms. The summed E-state index contributed by atoms with van der Waals surface area (Å²) in [5, 5.41) is 6.09. The largest absolute Gasteiger partial charge is 0.492 e. The molecule has 21 heavy (non-hydrogen) atoms. The number of benzene rings is 2. The predicted octanol–water partition coefficient (Wildman–Crippen LogP) is 2.91. The quantitative estimate of drug-likeness (QED) is 0.754. The van der Waals surface area contributed by atoms with Gasteiger partial charge in [-0.25, -0.2) is 0 Å². The second-order valence-electron chi connectivity index (χ2n) is 4.88. The number of para-hydroxylation sites is 2. The number of ether oxygens (including phenoxy) is 1. The lowest BCUT2D eigenvalue weighted by Gasteiger charge is -2.14. The van der Waals surface area contributed by atoms with E-state index in [-0.39, 0.29) is 5.91 Å². The average Bonchev–Trinajstić information content (AvgIpc) is 2.81. The summed E-state index contributed by atoms with van der Waals surface area (Å²) in [6.45, 7) is 2.53. The zero-order valence-corrected chi connectivity index (χ0v) is 11.8. The molecule has 2 aromatic carbocycles. The average molecular weight is 283 g/mol. The smallest absolute Gasteiger partial charge is 0.228 e. The van der Waals surface area contributed by atoms with Gasteiger partial charge in [-0.1, -0.05) is 12.1 Å². The maximum Gasteiger partial charge on any atom is 0.228 e. The molecule has 0 aliphatic carbocycles. The molecule has 0 fully saturated rings. The second-order valence-corrected chi connectivity index (χ2v) is 4.88. The van der Waals surface area contributed by atoms with Crippen LogP contribution in [0.3, 0.4) is 0 Å². The van der Waals surface area contributed by atoms with E-state index in [1.54, 1.807) is 0 Å². The van der Waals surface area contributed by atoms with Crippen LogP contribution < -0.4 is 21.1 Å². The zero-order valence-electron chi connectivity index (χ0n) is 11.8. The third-order valence-electron chi connectivity index (χ3n) is 3.36. The van der Waals surface area contributed by atoms with Crippen LogP contribution >= 0.6 is 0 Å². The number of amides is 1. The van der Waals surface area contributed by atoms with Crippen molar-refractivity contribution in [3.63, 3.8) is 0 Å². The van der Waals surface area contributed by atoms with Crippen molar-refractivity contribution in [1.82, 2.24) is 0 Å². The van der Waals surface area contributed by atoms with Crippen LogP contribution in [0.25, 0.3) is 0 Å². The third kappa shape index (κ3) is 2.63. The highest BCUT2D eigenvalue weighted by Gasteiger charge is 2.19. The SMILES string of the molecule is CCOc1ccccc1Nc1cc2c(cc1N)CC(=O)N2. The van der Waals surface area contributed by atoms with Gasteiger partial charge in [0.1, 0.15) is 5.75 Å². The van der Waals surface area contributed by atoms with E-state index in [0.717, 1.165) is 28.4 Å². The highest BCUT2D eigenvalue weighted by molar-refractivity contribution is 6.01. The van der Waals surface area contributed by atoms with Crippen LogP contribution in [0.1, 0.15) is 12.5 Å². The Hall–Kier alpha value is -2.69. The van der Waals surface area contributed by atoms with Crippen molar-refractivity contribution in [2.45, 2.75) is 13.3 Å². The summed E-state index contributed by atoms with van der Waals surface area (Å²) in [6.07, 6.45) is 0.384. The molecular weight excluding hydrogens is 266 g/mol. The molecular formula is C16H17N3O2. The number of rotatable bonds is 4. The van der Waals surface area contributed by atoms with Gasteiger partial charge in [0.15, 0.2) is 0 Å². The number of nitrogens with two attached hydrogens (primary N) is 1. The fourth-order valence-corrected chi connectivity index (χ4v) is 2.40. The Morgan fingerprint density at radius 2 is 2.10 bits per heavy atom. The van der Waals surface area contributed by atoms with Gasteiger partial charge in [0.25, 0.3) is 0 Å². The zero-order chi connectivity index (χ0) is 14.8. The molecule has 5 heteroatoms. The van der Waals surface area contributed by atoms with Gasteiger partial charge in [-0.2, -0.15) is 0 Å². The summed E-state index contributed by atoms with van der Waals surface area (Å²) in [7, 11) is 0. The van der Waals surface area contributed by atoms with Crippen molar-refractivity contribution in [3.8, 4) is 5.75 Å². The van der Waals surface area contributed by atoms with Crippen LogP contribution in [0.15, 0.2) is 36.4 Å². The maximum absolute atomic E-state index is 11.4. The predicted molar refractivity (Wildman–Crippen MR) is 84.1 cm³/mol. The first-order valence-corrected chi connectivity index (χ1v) is 6.88. The molecule has 4 N–H and O–H groups in total. The molecule has 0 aromatic heterocycles. The number of nitrogen functional groups attached to an aromatic ring is 1. The first-order chi connectivity index (χ1) is 10.2. The highest BCUT2D eigenvalue weighted by Crippen LogP contribution is 2.35. The van der Waals surface area contributed by atoms with E-state index in [0.29, 0.717) is 18.7 Å². The van der Waals surface area contributed by atoms with Gasteiger partial charge in [0, 0.05) is 5.69 Å². The number of fused-ring (bicyclic) bond motifs is 1. The van der Waals surface area contributed by atoms with Crippen LogP contribution in [-0.2, 0) is 11.2 Å². The van der Waals surface area contributed by atoms with Crippen molar-refractivity contribution in [1.29, 1.82) is 0 Å². The minimum atomic E-state index is -0.00346. The molecule has 5 nitrogen and oxygen atoms in total. The van der Waals surface area contributed by atoms with Crippen molar-refractivity contribution < 1.29 is 9.53 Å². The molecule has 0 saturated heterocycles. The van der Waals surface area contributed by atoms with Gasteiger partial charge in [-0.15, -0.1) is 0 Å². The van der Waals surface area contributed by atoms with Gasteiger partial charge in [0.2, 0.25) is 5.91 Å². The third-order valence-corrected chi connectivity index (χ3v) is 3.36. The Kier molecular flexibility index (Phi) is 3.39. The number of carbonyl (C=O) groups is 1. The number of hydrogen-bond acceptors (Lipinski definition) is 4. The van der Waals surface area contributed by atoms with Crippen LogP contribution in [0, 0.1) is 0 Å². The monoisotopic (exact) mass is 283 g/mol. The van der Waals surface area contributed by atoms with Crippen molar-refractivity contribution >= 4 is 28.7 Å². The normalized spacial score (nSPS) is 12.7. The number of carbonyl (C=O) groups excluding carboxylic acids is 1. The second kappa shape index (κ2) is 5.36. The Morgan fingerprint density at radius 1 is 1.29 bits per heavy atom. The molecule has 2 aromatic rings. The van der Waals surface area contributed by atoms with E-state index < -0.39 is 0 Å². The van der Waals surface area contributed by atoms with Gasteiger partial charge < -0.3 is 21.1 Å². The fourth-order valence-electron chi connectivity index (χ4n) is 2.40. The van der Waals surface area contributed by atoms with E-state index in [2.05, 4.69) is 10.6 Å². The minimum Gasteiger partial charge on any atom is -0.492 e. The van der Waals surface area contributed by atoms with E-state index in [1.165, 1.54) is 0 Å². The van der Waals surface area contributed by atoms with Gasteiger partial charge in [0.05, 0.1) is 30.1 Å². The molecule has 0 saturated carbocycles. The van der Waals surface area contributed by atoms with E-state index >= 15 is 0 Å². The van der Waals surface area contributed by atoms with Crippen molar-refractivity contribution in [2.24, 2.45) is 0 Å². The molecule has 108 valence electrons. The molecule has 1 aliphatic rings. The lowest BCUT2D eigenvalue weighted by atomic mass is 10.1. The molecule has 1 amide bonds. The summed E-state index contributed by atoms with van der Waals surface area (Å²) < 4.78 is 5.59. The maximum atomic E-state index is 11.4. The molecule has 1 aliphatic heterocycles. The fraction of sp³-hybridized carbons (Fsp3) is 0.188. The Balaban J connectivity index is 1.92. The number of anilines is 4. The van der Waals surface area contributed by atoms with Crippen LogP contribution in [0.2, 0.25) is 0 Å². The number of hydrogen-bond donors (Lipinski definition) is 3. The first kappa shape index (κ1) is 13.3. The Morgan fingerprint density at radius 3 is 2.90 bits per heavy atom. The molecule has 0 unspecified atom stereocenters. The van der Waals surface area contributed by atoms with Crippen LogP contribution in [0.5, 0.6) is 5.75 Å². The van der Waals surface area contributed by atoms with E-state index in [9.17, 15) is 4.79 Å². The lowest BCUT2D eigenvalue weighted by molar-refractivity contribution is -0.115. The Labute approximate surface area is 123 Å². The minimum absolute atomic E-state index is 0.00346. The summed E-state index contributed by atoms with van der Waals surface area (Å²) >= 11 is 0. The van der Waals surface area contributed by atoms with Crippen LogP contribution in [-0.4, -0.2) is 12.5 Å².